The summed E-state index contributed by atoms with van der Waals surface area (Å²) in [7, 11) is 0. The fourth-order valence-corrected chi connectivity index (χ4v) is 3.58. The van der Waals surface area contributed by atoms with Crippen LogP contribution in [0.2, 0.25) is 0 Å². The van der Waals surface area contributed by atoms with Crippen molar-refractivity contribution < 1.29 is 27.9 Å². The third kappa shape index (κ3) is 4.84. The van der Waals surface area contributed by atoms with Gasteiger partial charge in [-0.25, -0.2) is 9.78 Å². The Balaban J connectivity index is 0.000000318. The third-order valence-corrected chi connectivity index (χ3v) is 5.04. The quantitative estimate of drug-likeness (QED) is 0.792. The molecule has 1 spiro atoms. The molecule has 11 heteroatoms. The van der Waals surface area contributed by atoms with E-state index in [2.05, 4.69) is 20.1 Å². The summed E-state index contributed by atoms with van der Waals surface area (Å²) in [5.74, 6) is -0.938. The van der Waals surface area contributed by atoms with Gasteiger partial charge in [0, 0.05) is 37.7 Å². The number of hydrogen-bond donors (Lipinski definition) is 1. The van der Waals surface area contributed by atoms with E-state index in [0.717, 1.165) is 43.4 Å². The molecule has 2 aliphatic heterocycles. The molecule has 8 nitrogen and oxygen atoms in total. The van der Waals surface area contributed by atoms with Gasteiger partial charge < -0.3 is 10.0 Å². The van der Waals surface area contributed by atoms with Crippen molar-refractivity contribution in [3.05, 3.63) is 42.2 Å². The molecule has 160 valence electrons. The Morgan fingerprint density at radius 3 is 2.43 bits per heavy atom. The first-order valence-corrected chi connectivity index (χ1v) is 9.16. The van der Waals surface area contributed by atoms with Gasteiger partial charge in [0.25, 0.3) is 0 Å². The Bertz CT molecular complexity index is 908. The predicted molar refractivity (Wildman–Crippen MR) is 101 cm³/mol. The number of aromatic nitrogens is 3. The Hall–Kier alpha value is -3.24. The van der Waals surface area contributed by atoms with Crippen molar-refractivity contribution in [3.8, 4) is 0 Å². The number of anilines is 2. The Morgan fingerprint density at radius 1 is 1.13 bits per heavy atom. The lowest BCUT2D eigenvalue weighted by atomic mass is 9.86. The number of nitrogens with zero attached hydrogens (tertiary/aromatic N) is 5. The standard InChI is InChI=1S/C17H19N5O.C2HF3O2/c1-13-5-6-15(20-19-13)21-9-7-17(11-21)10-16(23)22(12-17)14-4-2-3-8-18-14;3-2(4,5)1(6)7/h2-6,8H,7,9-12H2,1H3;(H,6,7). The minimum Gasteiger partial charge on any atom is -0.475 e. The highest BCUT2D eigenvalue weighted by atomic mass is 19.4. The van der Waals surface area contributed by atoms with Gasteiger partial charge in [-0.1, -0.05) is 6.07 Å². The van der Waals surface area contributed by atoms with Crippen LogP contribution >= 0.6 is 0 Å². The molecule has 30 heavy (non-hydrogen) atoms. The number of carboxylic acids is 1. The topological polar surface area (TPSA) is 99.5 Å². The summed E-state index contributed by atoms with van der Waals surface area (Å²) < 4.78 is 31.7. The summed E-state index contributed by atoms with van der Waals surface area (Å²) in [6.45, 7) is 4.43. The molecule has 2 fully saturated rings. The van der Waals surface area contributed by atoms with Crippen molar-refractivity contribution in [1.82, 2.24) is 15.2 Å². The van der Waals surface area contributed by atoms with Crippen LogP contribution in [0, 0.1) is 12.3 Å². The molecule has 4 rings (SSSR count). The minimum atomic E-state index is -5.08. The van der Waals surface area contributed by atoms with Crippen molar-refractivity contribution in [2.75, 3.05) is 29.4 Å². The first kappa shape index (κ1) is 21.5. The molecular formula is C19H20F3N5O3. The average molecular weight is 423 g/mol. The van der Waals surface area contributed by atoms with E-state index in [1.165, 1.54) is 0 Å². The number of carboxylic acid groups (broad SMARTS) is 1. The summed E-state index contributed by atoms with van der Waals surface area (Å²) in [6.07, 6.45) is -1.77. The molecule has 2 aliphatic rings. The summed E-state index contributed by atoms with van der Waals surface area (Å²) in [5.41, 5.74) is 0.918. The zero-order valence-corrected chi connectivity index (χ0v) is 16.1. The number of hydrogen-bond acceptors (Lipinski definition) is 6. The van der Waals surface area contributed by atoms with Crippen LogP contribution in [0.5, 0.6) is 0 Å². The zero-order chi connectivity index (χ0) is 21.9. The number of rotatable bonds is 2. The monoisotopic (exact) mass is 423 g/mol. The van der Waals surface area contributed by atoms with Crippen LogP contribution in [-0.2, 0) is 9.59 Å². The molecular weight excluding hydrogens is 403 g/mol. The van der Waals surface area contributed by atoms with Gasteiger partial charge in [0.2, 0.25) is 5.91 Å². The van der Waals surface area contributed by atoms with E-state index >= 15 is 0 Å². The van der Waals surface area contributed by atoms with Crippen LogP contribution in [-0.4, -0.2) is 58.0 Å². The highest BCUT2D eigenvalue weighted by molar-refractivity contribution is 5.95. The maximum absolute atomic E-state index is 12.5. The molecule has 2 aromatic rings. The molecule has 1 amide bonds. The molecule has 1 unspecified atom stereocenters. The molecule has 0 aromatic carbocycles. The van der Waals surface area contributed by atoms with E-state index in [0.29, 0.717) is 6.42 Å². The number of amides is 1. The van der Waals surface area contributed by atoms with Gasteiger partial charge in [0.1, 0.15) is 5.82 Å². The fourth-order valence-electron chi connectivity index (χ4n) is 3.58. The van der Waals surface area contributed by atoms with E-state index in [1.54, 1.807) is 6.20 Å². The number of aliphatic carboxylic acids is 1. The summed E-state index contributed by atoms with van der Waals surface area (Å²) in [4.78, 5) is 29.7. The Kier molecular flexibility index (Phi) is 5.90. The molecule has 0 radical (unpaired) electrons. The van der Waals surface area contributed by atoms with Crippen LogP contribution in [0.1, 0.15) is 18.5 Å². The minimum absolute atomic E-state index is 0.00116. The third-order valence-electron chi connectivity index (χ3n) is 5.04. The second kappa shape index (κ2) is 8.25. The normalized spacial score (nSPS) is 21.0. The van der Waals surface area contributed by atoms with Gasteiger partial charge in [-0.2, -0.15) is 18.3 Å². The van der Waals surface area contributed by atoms with Crippen LogP contribution in [0.15, 0.2) is 36.5 Å². The van der Waals surface area contributed by atoms with Gasteiger partial charge in [0.15, 0.2) is 5.82 Å². The molecule has 2 saturated heterocycles. The maximum atomic E-state index is 12.5. The smallest absolute Gasteiger partial charge is 0.475 e. The highest BCUT2D eigenvalue weighted by Crippen LogP contribution is 2.42. The first-order chi connectivity index (χ1) is 14.1. The summed E-state index contributed by atoms with van der Waals surface area (Å²) >= 11 is 0. The Labute approximate surface area is 170 Å². The Morgan fingerprint density at radius 2 is 1.87 bits per heavy atom. The largest absolute Gasteiger partial charge is 0.490 e. The zero-order valence-electron chi connectivity index (χ0n) is 16.1. The molecule has 0 saturated carbocycles. The van der Waals surface area contributed by atoms with Gasteiger partial charge in [-0.05, 0) is 37.6 Å². The van der Waals surface area contributed by atoms with Crippen LogP contribution < -0.4 is 9.80 Å². The summed E-state index contributed by atoms with van der Waals surface area (Å²) in [6, 6.07) is 9.67. The van der Waals surface area contributed by atoms with E-state index < -0.39 is 12.1 Å². The van der Waals surface area contributed by atoms with Gasteiger partial charge in [-0.15, -0.1) is 5.10 Å². The number of carbonyl (C=O) groups excluding carboxylic acids is 1. The van der Waals surface area contributed by atoms with Crippen molar-refractivity contribution in [1.29, 1.82) is 0 Å². The first-order valence-electron chi connectivity index (χ1n) is 9.16. The fraction of sp³-hybridized carbons (Fsp3) is 0.421. The van der Waals surface area contributed by atoms with Crippen LogP contribution in [0.25, 0.3) is 0 Å². The predicted octanol–water partition coefficient (Wildman–Crippen LogP) is 2.45. The summed E-state index contributed by atoms with van der Waals surface area (Å²) in [5, 5.41) is 15.5. The molecule has 4 heterocycles. The second-order valence-electron chi connectivity index (χ2n) is 7.35. The van der Waals surface area contributed by atoms with Crippen molar-refractivity contribution in [2.45, 2.75) is 25.9 Å². The average Bonchev–Trinajstić information content (AvgIpc) is 3.25. The lowest BCUT2D eigenvalue weighted by Gasteiger charge is -2.24. The van der Waals surface area contributed by atoms with Crippen molar-refractivity contribution in [3.63, 3.8) is 0 Å². The number of halogens is 3. The van der Waals surface area contributed by atoms with Crippen LogP contribution in [0.4, 0.5) is 24.8 Å². The van der Waals surface area contributed by atoms with Gasteiger partial charge in [0.05, 0.1) is 5.69 Å². The van der Waals surface area contributed by atoms with E-state index in [1.807, 2.05) is 42.2 Å². The lowest BCUT2D eigenvalue weighted by molar-refractivity contribution is -0.192. The van der Waals surface area contributed by atoms with Crippen molar-refractivity contribution >= 4 is 23.5 Å². The van der Waals surface area contributed by atoms with Gasteiger partial charge >= 0.3 is 12.1 Å². The molecule has 0 bridgehead atoms. The number of carbonyl (C=O) groups is 2. The number of aryl methyl sites for hydroxylation is 1. The second-order valence-corrected chi connectivity index (χ2v) is 7.35. The molecule has 1 atom stereocenters. The number of alkyl halides is 3. The number of pyridine rings is 1. The van der Waals surface area contributed by atoms with E-state index in [9.17, 15) is 18.0 Å². The van der Waals surface area contributed by atoms with Gasteiger partial charge in [-0.3, -0.25) is 9.69 Å². The maximum Gasteiger partial charge on any atom is 0.490 e. The molecule has 0 aliphatic carbocycles. The van der Waals surface area contributed by atoms with E-state index in [4.69, 9.17) is 9.90 Å². The highest BCUT2D eigenvalue weighted by Gasteiger charge is 2.48. The lowest BCUT2D eigenvalue weighted by Crippen LogP contribution is -2.32. The van der Waals surface area contributed by atoms with Crippen LogP contribution in [0.3, 0.4) is 0 Å². The molecule has 2 aromatic heterocycles. The van der Waals surface area contributed by atoms with E-state index in [-0.39, 0.29) is 11.3 Å². The SMILES string of the molecule is Cc1ccc(N2CCC3(CC(=O)N(c4ccccn4)C3)C2)nn1.O=C(O)C(F)(F)F. The van der Waals surface area contributed by atoms with Crippen molar-refractivity contribution in [2.24, 2.45) is 5.41 Å². The molecule has 1 N–H and O–H groups in total.